The summed E-state index contributed by atoms with van der Waals surface area (Å²) in [5, 5.41) is 0. The molecule has 0 bridgehead atoms. The molecule has 76 valence electrons. The molecule has 1 heteroatoms. The van der Waals surface area contributed by atoms with Gasteiger partial charge in [-0.05, 0) is 64.0 Å². The second-order valence-corrected chi connectivity index (χ2v) is 5.56. The number of likely N-dealkylation sites (tertiary alicyclic amines) is 1. The smallest absolute Gasteiger partial charge is 0.00385 e. The molecule has 0 aromatic heterocycles. The summed E-state index contributed by atoms with van der Waals surface area (Å²) in [6, 6.07) is 0.757. The Morgan fingerprint density at radius 1 is 1.15 bits per heavy atom. The van der Waals surface area contributed by atoms with E-state index < -0.39 is 0 Å². The highest BCUT2D eigenvalue weighted by atomic mass is 15.1. The Bertz CT molecular complexity index is 174. The lowest BCUT2D eigenvalue weighted by atomic mass is 9.82. The Morgan fingerprint density at radius 3 is 2.08 bits per heavy atom. The Kier molecular flexibility index (Phi) is 2.39. The molecular weight excluding hydrogens is 158 g/mol. The second-order valence-electron chi connectivity index (χ2n) is 5.56. The molecule has 13 heavy (non-hydrogen) atoms. The van der Waals surface area contributed by atoms with Gasteiger partial charge < -0.3 is 4.90 Å². The third-order valence-corrected chi connectivity index (χ3v) is 4.28. The molecule has 1 saturated heterocycles. The minimum atomic E-state index is 0.757. The van der Waals surface area contributed by atoms with Crippen LogP contribution in [-0.4, -0.2) is 24.0 Å². The summed E-state index contributed by atoms with van der Waals surface area (Å²) in [4.78, 5) is 2.63. The lowest BCUT2D eigenvalue weighted by molar-refractivity contribution is 0.118. The molecule has 2 aliphatic rings. The summed E-state index contributed by atoms with van der Waals surface area (Å²) in [7, 11) is 0. The van der Waals surface area contributed by atoms with Gasteiger partial charge in [0, 0.05) is 6.04 Å². The van der Waals surface area contributed by atoms with Gasteiger partial charge in [0.05, 0.1) is 0 Å². The van der Waals surface area contributed by atoms with Gasteiger partial charge in [0.15, 0.2) is 0 Å². The Hall–Kier alpha value is -0.0400. The van der Waals surface area contributed by atoms with E-state index >= 15 is 0 Å². The highest BCUT2D eigenvalue weighted by molar-refractivity contribution is 4.96. The van der Waals surface area contributed by atoms with Crippen molar-refractivity contribution >= 4 is 0 Å². The molecule has 0 radical (unpaired) electrons. The van der Waals surface area contributed by atoms with Crippen molar-refractivity contribution in [3.63, 3.8) is 0 Å². The van der Waals surface area contributed by atoms with E-state index in [0.29, 0.717) is 0 Å². The summed E-state index contributed by atoms with van der Waals surface area (Å²) >= 11 is 0. The van der Waals surface area contributed by atoms with Crippen LogP contribution in [0.25, 0.3) is 0 Å². The third-order valence-electron chi connectivity index (χ3n) is 4.28. The molecule has 0 unspecified atom stereocenters. The summed E-state index contributed by atoms with van der Waals surface area (Å²) in [5.41, 5.74) is 0.767. The van der Waals surface area contributed by atoms with Crippen LogP contribution < -0.4 is 0 Å². The zero-order valence-electron chi connectivity index (χ0n) is 9.34. The van der Waals surface area contributed by atoms with Gasteiger partial charge in [0.25, 0.3) is 0 Å². The SMILES string of the molecule is CC(C)N1CCC(C2(C)CC2)CC1. The van der Waals surface area contributed by atoms with Crippen molar-refractivity contribution in [3.05, 3.63) is 0 Å². The minimum absolute atomic E-state index is 0.757. The van der Waals surface area contributed by atoms with E-state index in [-0.39, 0.29) is 0 Å². The van der Waals surface area contributed by atoms with Crippen LogP contribution in [0.1, 0.15) is 46.5 Å². The van der Waals surface area contributed by atoms with Gasteiger partial charge in [0.2, 0.25) is 0 Å². The van der Waals surface area contributed by atoms with Crippen LogP contribution >= 0.6 is 0 Å². The van der Waals surface area contributed by atoms with Gasteiger partial charge in [-0.25, -0.2) is 0 Å². The molecule has 1 heterocycles. The van der Waals surface area contributed by atoms with E-state index in [1.165, 1.54) is 38.8 Å². The van der Waals surface area contributed by atoms with Crippen molar-refractivity contribution < 1.29 is 0 Å². The Balaban J connectivity index is 1.82. The van der Waals surface area contributed by atoms with Crippen LogP contribution in [0.3, 0.4) is 0 Å². The summed E-state index contributed by atoms with van der Waals surface area (Å²) in [6.45, 7) is 9.82. The van der Waals surface area contributed by atoms with E-state index in [1.807, 2.05) is 0 Å². The van der Waals surface area contributed by atoms with Gasteiger partial charge in [-0.1, -0.05) is 6.92 Å². The first-order valence-electron chi connectivity index (χ1n) is 5.86. The lowest BCUT2D eigenvalue weighted by Gasteiger charge is -2.37. The van der Waals surface area contributed by atoms with Crippen molar-refractivity contribution in [2.45, 2.75) is 52.5 Å². The maximum atomic E-state index is 2.63. The molecule has 0 aromatic carbocycles. The first kappa shape index (κ1) is 9.51. The number of piperidine rings is 1. The topological polar surface area (TPSA) is 3.24 Å². The van der Waals surface area contributed by atoms with E-state index in [2.05, 4.69) is 25.7 Å². The van der Waals surface area contributed by atoms with Crippen molar-refractivity contribution in [3.8, 4) is 0 Å². The number of hydrogen-bond acceptors (Lipinski definition) is 1. The highest BCUT2D eigenvalue weighted by Crippen LogP contribution is 2.54. The monoisotopic (exact) mass is 181 g/mol. The first-order chi connectivity index (χ1) is 6.12. The van der Waals surface area contributed by atoms with E-state index in [9.17, 15) is 0 Å². The molecule has 1 aliphatic heterocycles. The Morgan fingerprint density at radius 2 is 1.69 bits per heavy atom. The third kappa shape index (κ3) is 1.90. The number of hydrogen-bond donors (Lipinski definition) is 0. The predicted octanol–water partition coefficient (Wildman–Crippen LogP) is 2.91. The average Bonchev–Trinajstić information content (AvgIpc) is 2.85. The molecule has 2 fully saturated rings. The standard InChI is InChI=1S/C12H23N/c1-10(2)13-8-4-11(5-9-13)12(3)6-7-12/h10-11H,4-9H2,1-3H3. The van der Waals surface area contributed by atoms with Crippen molar-refractivity contribution in [2.24, 2.45) is 11.3 Å². The number of nitrogens with zero attached hydrogens (tertiary/aromatic N) is 1. The second kappa shape index (κ2) is 3.27. The lowest BCUT2D eigenvalue weighted by Crippen LogP contribution is -2.40. The maximum Gasteiger partial charge on any atom is 0.00385 e. The fourth-order valence-corrected chi connectivity index (χ4v) is 2.72. The van der Waals surface area contributed by atoms with Crippen LogP contribution in [0.5, 0.6) is 0 Å². The predicted molar refractivity (Wildman–Crippen MR) is 56.8 cm³/mol. The van der Waals surface area contributed by atoms with Gasteiger partial charge >= 0.3 is 0 Å². The Labute approximate surface area is 82.5 Å². The largest absolute Gasteiger partial charge is 0.301 e. The fourth-order valence-electron chi connectivity index (χ4n) is 2.72. The molecule has 0 atom stereocenters. The summed E-state index contributed by atoms with van der Waals surface area (Å²) in [6.07, 6.45) is 5.90. The van der Waals surface area contributed by atoms with Gasteiger partial charge in [-0.15, -0.1) is 0 Å². The van der Waals surface area contributed by atoms with E-state index in [0.717, 1.165) is 17.4 Å². The van der Waals surface area contributed by atoms with Gasteiger partial charge in [0.1, 0.15) is 0 Å². The zero-order chi connectivity index (χ0) is 9.47. The molecule has 1 saturated carbocycles. The maximum absolute atomic E-state index is 2.63. The molecule has 0 spiro atoms. The summed E-state index contributed by atoms with van der Waals surface area (Å²) in [5.74, 6) is 1.04. The molecule has 1 nitrogen and oxygen atoms in total. The van der Waals surface area contributed by atoms with E-state index in [4.69, 9.17) is 0 Å². The van der Waals surface area contributed by atoms with Crippen LogP contribution in [0.2, 0.25) is 0 Å². The van der Waals surface area contributed by atoms with Gasteiger partial charge in [-0.3, -0.25) is 0 Å². The van der Waals surface area contributed by atoms with E-state index in [1.54, 1.807) is 0 Å². The van der Waals surface area contributed by atoms with Crippen LogP contribution in [0.4, 0.5) is 0 Å². The van der Waals surface area contributed by atoms with Crippen molar-refractivity contribution in [1.29, 1.82) is 0 Å². The molecule has 1 aliphatic carbocycles. The highest BCUT2D eigenvalue weighted by Gasteiger charge is 2.45. The molecule has 2 rings (SSSR count). The van der Waals surface area contributed by atoms with Crippen LogP contribution in [-0.2, 0) is 0 Å². The quantitative estimate of drug-likeness (QED) is 0.633. The summed E-state index contributed by atoms with van der Waals surface area (Å²) < 4.78 is 0. The zero-order valence-corrected chi connectivity index (χ0v) is 9.34. The fraction of sp³-hybridized carbons (Fsp3) is 1.00. The normalized spacial score (nSPS) is 29.5. The van der Waals surface area contributed by atoms with Crippen LogP contribution in [0, 0.1) is 11.3 Å². The molecule has 0 N–H and O–H groups in total. The van der Waals surface area contributed by atoms with Gasteiger partial charge in [-0.2, -0.15) is 0 Å². The average molecular weight is 181 g/mol. The molecule has 0 amide bonds. The van der Waals surface area contributed by atoms with Crippen molar-refractivity contribution in [1.82, 2.24) is 4.90 Å². The van der Waals surface area contributed by atoms with Crippen LogP contribution in [0.15, 0.2) is 0 Å². The number of rotatable bonds is 2. The first-order valence-corrected chi connectivity index (χ1v) is 5.86. The molecule has 0 aromatic rings. The van der Waals surface area contributed by atoms with Crippen molar-refractivity contribution in [2.75, 3.05) is 13.1 Å². The minimum Gasteiger partial charge on any atom is -0.301 e. The molecular formula is C12H23N.